The Morgan fingerprint density at radius 1 is 1.21 bits per heavy atom. The van der Waals surface area contributed by atoms with Crippen molar-refractivity contribution in [1.82, 2.24) is 14.8 Å². The molecule has 1 fully saturated rings. The molecule has 0 aliphatic carbocycles. The van der Waals surface area contributed by atoms with Crippen LogP contribution in [0.15, 0.2) is 42.6 Å². The predicted octanol–water partition coefficient (Wildman–Crippen LogP) is 4.56. The summed E-state index contributed by atoms with van der Waals surface area (Å²) in [6.45, 7) is 11.4. The summed E-state index contributed by atoms with van der Waals surface area (Å²) in [5, 5.41) is 0. The molecule has 2 aromatic rings. The van der Waals surface area contributed by atoms with Gasteiger partial charge in [-0.15, -0.1) is 0 Å². The molecule has 0 amide bonds. The Labute approximate surface area is 168 Å². The first-order chi connectivity index (χ1) is 13.3. The van der Waals surface area contributed by atoms with Crippen LogP contribution in [0, 0.1) is 0 Å². The Bertz CT molecular complexity index is 787. The van der Waals surface area contributed by atoms with Gasteiger partial charge in [-0.25, -0.2) is 9.37 Å². The second kappa shape index (κ2) is 8.58. The molecule has 1 aliphatic heterocycles. The van der Waals surface area contributed by atoms with Crippen LogP contribution in [0.3, 0.4) is 0 Å². The van der Waals surface area contributed by atoms with E-state index in [1.165, 1.54) is 5.56 Å². The van der Waals surface area contributed by atoms with Gasteiger partial charge < -0.3 is 4.74 Å². The largest absolute Gasteiger partial charge is 0.481 e. The molecule has 152 valence electrons. The maximum Gasteiger partial charge on any atom is 0.213 e. The summed E-state index contributed by atoms with van der Waals surface area (Å²) in [6, 6.07) is 12.6. The number of pyridine rings is 1. The summed E-state index contributed by atoms with van der Waals surface area (Å²) in [6.07, 6.45) is 1.79. The van der Waals surface area contributed by atoms with E-state index in [-0.39, 0.29) is 6.04 Å². The van der Waals surface area contributed by atoms with Gasteiger partial charge in [-0.05, 0) is 50.5 Å². The number of hydrogen-bond donors (Lipinski definition) is 0. The SMILES string of the molecule is COc1cc(CN2CCN(C(C)C)C(c3ccccc3C(C)(C)F)C2)ccn1. The van der Waals surface area contributed by atoms with Gasteiger partial charge in [0, 0.05) is 50.5 Å². The topological polar surface area (TPSA) is 28.6 Å². The van der Waals surface area contributed by atoms with Crippen LogP contribution < -0.4 is 4.74 Å². The standard InChI is InChI=1S/C23H32FN3O/c1-17(2)27-13-12-26(15-18-10-11-25-22(14-18)28-5)16-21(27)19-8-6-7-9-20(19)23(3,4)24/h6-11,14,17,21H,12-13,15-16H2,1-5H3. The Balaban J connectivity index is 1.87. The fraction of sp³-hybridized carbons (Fsp3) is 0.522. The molecule has 1 atom stereocenters. The van der Waals surface area contributed by atoms with Crippen LogP contribution in [0.25, 0.3) is 0 Å². The lowest BCUT2D eigenvalue weighted by molar-refractivity contribution is 0.0448. The van der Waals surface area contributed by atoms with Gasteiger partial charge in [0.2, 0.25) is 5.88 Å². The molecule has 2 heterocycles. The highest BCUT2D eigenvalue weighted by Gasteiger charge is 2.34. The van der Waals surface area contributed by atoms with E-state index in [4.69, 9.17) is 4.74 Å². The van der Waals surface area contributed by atoms with E-state index in [1.807, 2.05) is 30.3 Å². The lowest BCUT2D eigenvalue weighted by atomic mass is 9.88. The van der Waals surface area contributed by atoms with E-state index in [1.54, 1.807) is 27.2 Å². The summed E-state index contributed by atoms with van der Waals surface area (Å²) in [4.78, 5) is 9.14. The zero-order valence-corrected chi connectivity index (χ0v) is 17.7. The summed E-state index contributed by atoms with van der Waals surface area (Å²) in [7, 11) is 1.64. The number of aromatic nitrogens is 1. The van der Waals surface area contributed by atoms with E-state index in [0.717, 1.165) is 37.3 Å². The van der Waals surface area contributed by atoms with Crippen molar-refractivity contribution in [2.24, 2.45) is 0 Å². The summed E-state index contributed by atoms with van der Waals surface area (Å²) >= 11 is 0. The predicted molar refractivity (Wildman–Crippen MR) is 111 cm³/mol. The summed E-state index contributed by atoms with van der Waals surface area (Å²) in [5.41, 5.74) is 1.71. The van der Waals surface area contributed by atoms with Crippen molar-refractivity contribution in [2.75, 3.05) is 26.7 Å². The molecule has 1 saturated heterocycles. The van der Waals surface area contributed by atoms with Gasteiger partial charge in [-0.3, -0.25) is 9.80 Å². The highest BCUT2D eigenvalue weighted by molar-refractivity contribution is 5.35. The van der Waals surface area contributed by atoms with E-state index in [9.17, 15) is 4.39 Å². The second-order valence-corrected chi connectivity index (χ2v) is 8.35. The number of nitrogens with zero attached hydrogens (tertiary/aromatic N) is 3. The van der Waals surface area contributed by atoms with Crippen LogP contribution in [-0.4, -0.2) is 47.6 Å². The van der Waals surface area contributed by atoms with Crippen molar-refractivity contribution in [3.05, 3.63) is 59.3 Å². The van der Waals surface area contributed by atoms with Crippen LogP contribution in [0.5, 0.6) is 5.88 Å². The first-order valence-electron chi connectivity index (χ1n) is 10.0. The van der Waals surface area contributed by atoms with Crippen molar-refractivity contribution in [3.8, 4) is 5.88 Å². The molecular formula is C23H32FN3O. The van der Waals surface area contributed by atoms with Gasteiger partial charge >= 0.3 is 0 Å². The molecular weight excluding hydrogens is 353 g/mol. The molecule has 5 heteroatoms. The minimum Gasteiger partial charge on any atom is -0.481 e. The molecule has 0 saturated carbocycles. The maximum atomic E-state index is 14.9. The number of alkyl halides is 1. The van der Waals surface area contributed by atoms with Crippen molar-refractivity contribution in [2.45, 2.75) is 52.0 Å². The van der Waals surface area contributed by atoms with E-state index >= 15 is 0 Å². The second-order valence-electron chi connectivity index (χ2n) is 8.35. The Morgan fingerprint density at radius 2 is 1.96 bits per heavy atom. The fourth-order valence-corrected chi connectivity index (χ4v) is 4.14. The Kier molecular flexibility index (Phi) is 6.36. The van der Waals surface area contributed by atoms with Crippen LogP contribution in [0.1, 0.15) is 50.4 Å². The van der Waals surface area contributed by atoms with Crippen LogP contribution in [0.4, 0.5) is 4.39 Å². The highest BCUT2D eigenvalue weighted by Crippen LogP contribution is 2.36. The van der Waals surface area contributed by atoms with Gasteiger partial charge in [0.1, 0.15) is 5.67 Å². The lowest BCUT2D eigenvalue weighted by Gasteiger charge is -2.45. The third kappa shape index (κ3) is 4.70. The number of rotatable bonds is 6. The molecule has 1 aromatic heterocycles. The third-order valence-electron chi connectivity index (χ3n) is 5.54. The van der Waals surface area contributed by atoms with Crippen molar-refractivity contribution >= 4 is 0 Å². The average molecular weight is 386 g/mol. The molecule has 4 nitrogen and oxygen atoms in total. The quantitative estimate of drug-likeness (QED) is 0.729. The van der Waals surface area contributed by atoms with Gasteiger partial charge in [0.15, 0.2) is 0 Å². The number of halogens is 1. The molecule has 1 aliphatic rings. The molecule has 1 aromatic carbocycles. The number of ether oxygens (including phenoxy) is 1. The third-order valence-corrected chi connectivity index (χ3v) is 5.54. The van der Waals surface area contributed by atoms with Crippen molar-refractivity contribution < 1.29 is 9.13 Å². The van der Waals surface area contributed by atoms with Gasteiger partial charge in [-0.1, -0.05) is 24.3 Å². The molecule has 0 N–H and O–H groups in total. The molecule has 28 heavy (non-hydrogen) atoms. The molecule has 0 radical (unpaired) electrons. The minimum absolute atomic E-state index is 0.170. The maximum absolute atomic E-state index is 14.9. The number of hydrogen-bond acceptors (Lipinski definition) is 4. The molecule has 1 unspecified atom stereocenters. The smallest absolute Gasteiger partial charge is 0.213 e. The summed E-state index contributed by atoms with van der Waals surface area (Å²) < 4.78 is 20.2. The fourth-order valence-electron chi connectivity index (χ4n) is 4.14. The number of benzene rings is 1. The first-order valence-corrected chi connectivity index (χ1v) is 10.0. The van der Waals surface area contributed by atoms with Crippen molar-refractivity contribution in [1.29, 1.82) is 0 Å². The van der Waals surface area contributed by atoms with Gasteiger partial charge in [0.05, 0.1) is 7.11 Å². The van der Waals surface area contributed by atoms with Gasteiger partial charge in [-0.2, -0.15) is 0 Å². The monoisotopic (exact) mass is 385 g/mol. The van der Waals surface area contributed by atoms with Gasteiger partial charge in [0.25, 0.3) is 0 Å². The zero-order chi connectivity index (χ0) is 20.3. The zero-order valence-electron chi connectivity index (χ0n) is 17.7. The van der Waals surface area contributed by atoms with Crippen LogP contribution in [0.2, 0.25) is 0 Å². The van der Waals surface area contributed by atoms with E-state index in [0.29, 0.717) is 11.9 Å². The minimum atomic E-state index is -1.36. The first kappa shape index (κ1) is 20.7. The summed E-state index contributed by atoms with van der Waals surface area (Å²) in [5.74, 6) is 0.638. The molecule has 0 bridgehead atoms. The Morgan fingerprint density at radius 3 is 2.64 bits per heavy atom. The number of piperazine rings is 1. The highest BCUT2D eigenvalue weighted by atomic mass is 19.1. The Hall–Kier alpha value is -1.98. The molecule has 0 spiro atoms. The van der Waals surface area contributed by atoms with Crippen molar-refractivity contribution in [3.63, 3.8) is 0 Å². The average Bonchev–Trinajstić information content (AvgIpc) is 2.67. The van der Waals surface area contributed by atoms with E-state index < -0.39 is 5.67 Å². The number of methoxy groups -OCH3 is 1. The van der Waals surface area contributed by atoms with Crippen LogP contribution in [-0.2, 0) is 12.2 Å². The lowest BCUT2D eigenvalue weighted by Crippen LogP contribution is -2.50. The van der Waals surface area contributed by atoms with Crippen LogP contribution >= 0.6 is 0 Å². The normalized spacial score (nSPS) is 19.2. The molecule has 3 rings (SSSR count). The van der Waals surface area contributed by atoms with E-state index in [2.05, 4.69) is 34.7 Å².